The molecule has 2 aromatic rings. The molecule has 0 fully saturated rings. The van der Waals surface area contributed by atoms with Crippen LogP contribution in [-0.2, 0) is 0 Å². The van der Waals surface area contributed by atoms with E-state index < -0.39 is 15.5 Å². The molecule has 0 spiro atoms. The van der Waals surface area contributed by atoms with E-state index in [0.29, 0.717) is 0 Å². The van der Waals surface area contributed by atoms with Gasteiger partial charge >= 0.3 is 5.69 Å². The van der Waals surface area contributed by atoms with Crippen LogP contribution in [0.1, 0.15) is 25.3 Å². The topological polar surface area (TPSA) is 111 Å². The SMILES string of the molecule is CCCC(/C=N\Nc1ccc([N+](=O)[O-])cc1[N+](=O)[O-])=C\c1ccccc1. The number of rotatable bonds is 8. The number of nitrogens with zero attached hydrogens (tertiary/aromatic N) is 3. The Kier molecular flexibility index (Phi) is 6.55. The van der Waals surface area contributed by atoms with Gasteiger partial charge in [0, 0.05) is 6.07 Å². The van der Waals surface area contributed by atoms with Crippen LogP contribution in [0, 0.1) is 20.2 Å². The van der Waals surface area contributed by atoms with Crippen LogP contribution >= 0.6 is 0 Å². The van der Waals surface area contributed by atoms with Gasteiger partial charge in [0.15, 0.2) is 0 Å². The molecular formula is C18H18N4O4. The first-order valence-corrected chi connectivity index (χ1v) is 7.98. The Morgan fingerprint density at radius 1 is 1.12 bits per heavy atom. The van der Waals surface area contributed by atoms with E-state index in [1.165, 1.54) is 12.1 Å². The van der Waals surface area contributed by atoms with Crippen LogP contribution in [0.5, 0.6) is 0 Å². The van der Waals surface area contributed by atoms with Crippen LogP contribution in [0.25, 0.3) is 6.08 Å². The van der Waals surface area contributed by atoms with Crippen molar-refractivity contribution in [3.05, 3.63) is 79.9 Å². The number of non-ortho nitro benzene ring substituents is 1. The third-order valence-corrected chi connectivity index (χ3v) is 3.49. The fourth-order valence-electron chi connectivity index (χ4n) is 2.29. The number of hydrazone groups is 1. The molecule has 0 unspecified atom stereocenters. The summed E-state index contributed by atoms with van der Waals surface area (Å²) < 4.78 is 0. The summed E-state index contributed by atoms with van der Waals surface area (Å²) in [6.45, 7) is 2.04. The van der Waals surface area contributed by atoms with Crippen LogP contribution in [-0.4, -0.2) is 16.1 Å². The highest BCUT2D eigenvalue weighted by Gasteiger charge is 2.19. The second kappa shape index (κ2) is 9.07. The van der Waals surface area contributed by atoms with E-state index in [1.807, 2.05) is 43.3 Å². The molecule has 0 radical (unpaired) electrons. The predicted molar refractivity (Wildman–Crippen MR) is 101 cm³/mol. The molecular weight excluding hydrogens is 336 g/mol. The van der Waals surface area contributed by atoms with E-state index >= 15 is 0 Å². The van der Waals surface area contributed by atoms with Crippen molar-refractivity contribution in [3.63, 3.8) is 0 Å². The summed E-state index contributed by atoms with van der Waals surface area (Å²) in [6.07, 6.45) is 5.30. The minimum absolute atomic E-state index is 0.0902. The van der Waals surface area contributed by atoms with Crippen molar-refractivity contribution in [2.75, 3.05) is 5.43 Å². The minimum Gasteiger partial charge on any atom is -0.272 e. The first kappa shape index (κ1) is 18.8. The third-order valence-electron chi connectivity index (χ3n) is 3.49. The molecule has 26 heavy (non-hydrogen) atoms. The van der Waals surface area contributed by atoms with E-state index in [2.05, 4.69) is 10.5 Å². The Bertz CT molecular complexity index is 848. The highest BCUT2D eigenvalue weighted by atomic mass is 16.6. The Hall–Kier alpha value is -3.55. The maximum atomic E-state index is 11.1. The number of benzene rings is 2. The molecule has 0 saturated carbocycles. The van der Waals surface area contributed by atoms with Gasteiger partial charge in [-0.05, 0) is 23.6 Å². The van der Waals surface area contributed by atoms with Gasteiger partial charge in [-0.2, -0.15) is 5.10 Å². The molecule has 0 heterocycles. The summed E-state index contributed by atoms with van der Waals surface area (Å²) in [6, 6.07) is 13.1. The molecule has 8 heteroatoms. The molecule has 0 aliphatic rings. The average Bonchev–Trinajstić information content (AvgIpc) is 2.62. The van der Waals surface area contributed by atoms with Gasteiger partial charge in [0.25, 0.3) is 5.69 Å². The zero-order chi connectivity index (χ0) is 18.9. The molecule has 0 saturated heterocycles. The maximum absolute atomic E-state index is 11.1. The molecule has 0 atom stereocenters. The highest BCUT2D eigenvalue weighted by Crippen LogP contribution is 2.28. The van der Waals surface area contributed by atoms with Crippen LogP contribution in [0.3, 0.4) is 0 Å². The van der Waals surface area contributed by atoms with E-state index in [1.54, 1.807) is 6.21 Å². The molecule has 0 amide bonds. The van der Waals surface area contributed by atoms with Gasteiger partial charge in [0.2, 0.25) is 0 Å². The van der Waals surface area contributed by atoms with Gasteiger partial charge in [-0.15, -0.1) is 0 Å². The Balaban J connectivity index is 2.21. The predicted octanol–water partition coefficient (Wildman–Crippen LogP) is 4.78. The number of nitrogens with one attached hydrogen (secondary N) is 1. The first-order chi connectivity index (χ1) is 12.5. The second-order valence-electron chi connectivity index (χ2n) is 5.47. The molecule has 0 aliphatic carbocycles. The molecule has 2 rings (SSSR count). The van der Waals surface area contributed by atoms with Crippen LogP contribution in [0.15, 0.2) is 59.2 Å². The molecule has 8 nitrogen and oxygen atoms in total. The van der Waals surface area contributed by atoms with Crippen LogP contribution < -0.4 is 5.43 Å². The minimum atomic E-state index is -0.683. The van der Waals surface area contributed by atoms with Gasteiger partial charge in [-0.25, -0.2) is 0 Å². The van der Waals surface area contributed by atoms with Crippen molar-refractivity contribution >= 4 is 29.4 Å². The Labute approximate surface area is 150 Å². The molecule has 2 aromatic carbocycles. The Morgan fingerprint density at radius 3 is 2.46 bits per heavy atom. The number of anilines is 1. The van der Waals surface area contributed by atoms with Gasteiger partial charge in [0.1, 0.15) is 5.69 Å². The van der Waals surface area contributed by atoms with Gasteiger partial charge < -0.3 is 0 Å². The van der Waals surface area contributed by atoms with E-state index in [4.69, 9.17) is 0 Å². The monoisotopic (exact) mass is 354 g/mol. The largest absolute Gasteiger partial charge is 0.301 e. The molecule has 0 bridgehead atoms. The maximum Gasteiger partial charge on any atom is 0.301 e. The lowest BCUT2D eigenvalue weighted by Crippen LogP contribution is -1.99. The summed E-state index contributed by atoms with van der Waals surface area (Å²) in [4.78, 5) is 20.5. The summed E-state index contributed by atoms with van der Waals surface area (Å²) >= 11 is 0. The number of hydrogen-bond donors (Lipinski definition) is 1. The summed E-state index contributed by atoms with van der Waals surface area (Å²) in [5.74, 6) is 0. The van der Waals surface area contributed by atoms with Crippen molar-refractivity contribution < 1.29 is 9.85 Å². The van der Waals surface area contributed by atoms with E-state index in [0.717, 1.165) is 30.0 Å². The first-order valence-electron chi connectivity index (χ1n) is 7.98. The van der Waals surface area contributed by atoms with Crippen molar-refractivity contribution in [2.45, 2.75) is 19.8 Å². The van der Waals surface area contributed by atoms with Crippen molar-refractivity contribution in [2.24, 2.45) is 5.10 Å². The van der Waals surface area contributed by atoms with Crippen molar-refractivity contribution in [1.29, 1.82) is 0 Å². The highest BCUT2D eigenvalue weighted by molar-refractivity contribution is 5.86. The smallest absolute Gasteiger partial charge is 0.272 e. The lowest BCUT2D eigenvalue weighted by molar-refractivity contribution is -0.393. The number of nitro groups is 2. The summed E-state index contributed by atoms with van der Waals surface area (Å²) in [5.41, 5.74) is 3.93. The molecule has 1 N–H and O–H groups in total. The van der Waals surface area contributed by atoms with Gasteiger partial charge in [-0.1, -0.05) is 49.8 Å². The summed E-state index contributed by atoms with van der Waals surface area (Å²) in [7, 11) is 0. The molecule has 0 aromatic heterocycles. The Morgan fingerprint density at radius 2 is 1.85 bits per heavy atom. The van der Waals surface area contributed by atoms with E-state index in [-0.39, 0.29) is 11.4 Å². The van der Waals surface area contributed by atoms with Crippen molar-refractivity contribution in [1.82, 2.24) is 0 Å². The number of allylic oxidation sites excluding steroid dienone is 1. The summed E-state index contributed by atoms with van der Waals surface area (Å²) in [5, 5.41) is 25.9. The lowest BCUT2D eigenvalue weighted by atomic mass is 10.1. The second-order valence-corrected chi connectivity index (χ2v) is 5.47. The van der Waals surface area contributed by atoms with Gasteiger partial charge in [-0.3, -0.25) is 25.7 Å². The van der Waals surface area contributed by atoms with Gasteiger partial charge in [0.05, 0.1) is 22.1 Å². The quantitative estimate of drug-likeness (QED) is 0.416. The van der Waals surface area contributed by atoms with Crippen molar-refractivity contribution in [3.8, 4) is 0 Å². The zero-order valence-corrected chi connectivity index (χ0v) is 14.2. The average molecular weight is 354 g/mol. The fraction of sp³-hybridized carbons (Fsp3) is 0.167. The standard InChI is InChI=1S/C18H18N4O4/c1-2-6-15(11-14-7-4-3-5-8-14)13-19-20-17-10-9-16(21(23)24)12-18(17)22(25)26/h3-5,7-13,20H,2,6H2,1H3/b15-11+,19-13-. The third kappa shape index (κ3) is 5.23. The normalized spacial score (nSPS) is 11.5. The van der Waals surface area contributed by atoms with E-state index in [9.17, 15) is 20.2 Å². The number of hydrogen-bond acceptors (Lipinski definition) is 6. The van der Waals surface area contributed by atoms with Crippen LogP contribution in [0.2, 0.25) is 0 Å². The van der Waals surface area contributed by atoms with Crippen LogP contribution in [0.4, 0.5) is 17.1 Å². The lowest BCUT2D eigenvalue weighted by Gasteiger charge is -2.03. The zero-order valence-electron chi connectivity index (χ0n) is 14.2. The fourth-order valence-corrected chi connectivity index (χ4v) is 2.29. The molecule has 134 valence electrons. The number of nitro benzene ring substituents is 2. The molecule has 0 aliphatic heterocycles.